The molecule has 77 heavy (non-hydrogen) atoms. The Morgan fingerprint density at radius 3 is 2.06 bits per heavy atom. The summed E-state index contributed by atoms with van der Waals surface area (Å²) in [6, 6.07) is 8.45. The quantitative estimate of drug-likeness (QED) is 0.117. The van der Waals surface area contributed by atoms with E-state index in [1.807, 2.05) is 4.90 Å². The highest BCUT2D eigenvalue weighted by Crippen LogP contribution is 2.69. The Bertz CT molecular complexity index is 3090. The first kappa shape index (κ1) is 52.5. The Morgan fingerprint density at radius 1 is 0.857 bits per heavy atom. The van der Waals surface area contributed by atoms with Crippen molar-refractivity contribution in [3.05, 3.63) is 82.5 Å². The van der Waals surface area contributed by atoms with Crippen molar-refractivity contribution in [3.63, 3.8) is 0 Å². The highest BCUT2D eigenvalue weighted by Gasteiger charge is 2.77. The molecule has 5 fully saturated rings. The summed E-state index contributed by atoms with van der Waals surface area (Å²) < 4.78 is 189. The van der Waals surface area contributed by atoms with Crippen LogP contribution in [0.5, 0.6) is 23.4 Å². The van der Waals surface area contributed by atoms with E-state index in [0.717, 1.165) is 6.92 Å². The fraction of sp³-hybridized carbons (Fsp3) is 0.528. The smallest absolute Gasteiger partial charge is 0.427 e. The predicted molar refractivity (Wildman–Crippen MR) is 258 cm³/mol. The largest absolute Gasteiger partial charge is 0.497 e. The molecule has 1 unspecified atom stereocenters. The number of hydrogen-bond donors (Lipinski definition) is 0. The fourth-order valence-corrected chi connectivity index (χ4v) is 12.5. The van der Waals surface area contributed by atoms with Gasteiger partial charge in [0.15, 0.2) is 17.5 Å². The first-order valence-corrected chi connectivity index (χ1v) is 25.2. The van der Waals surface area contributed by atoms with Gasteiger partial charge in [-0.05, 0) is 102 Å². The van der Waals surface area contributed by atoms with E-state index in [2.05, 4.69) is 19.9 Å². The number of benzene rings is 2. The number of halogens is 10. The number of fused-ring (bicyclic) bond motifs is 6. The maximum atomic E-state index is 18.2. The van der Waals surface area contributed by atoms with Crippen molar-refractivity contribution >= 4 is 28.6 Å². The molecule has 11 rings (SSSR count). The minimum absolute atomic E-state index is 0.00942. The lowest BCUT2D eigenvalue weighted by atomic mass is 9.89. The summed E-state index contributed by atoms with van der Waals surface area (Å²) in [5, 5.41) is -0.598. The van der Waals surface area contributed by atoms with E-state index in [4.69, 9.17) is 23.7 Å². The van der Waals surface area contributed by atoms with Gasteiger partial charge < -0.3 is 33.5 Å². The standard InChI is InChI=1S/C53H54F10N8O6/c1-27-36(52(58,59)60)34(37(54)44(64-27)68(20-28-8-13-31(73-5)14-9-28)21-29-10-15-32(74-6)16-11-29)39-38(55)40-35-43(67-46(66-40)75-26-50-18-7-19-69(50)25-49(23-50)24-51(49,56)57)70-22-30-12-17-33(71(30)47(72)77-48(2,3)4)41(70)42(53(61,62)63)76-45(35)65-39/h8-11,13-16,30,33,41-42H,7,12,17-26H2,1-6H3/t30-,33+,41+,42-,49?,50+/m1/s1. The van der Waals surface area contributed by atoms with E-state index >= 15 is 35.1 Å². The number of piperazine rings is 1. The van der Waals surface area contributed by atoms with Gasteiger partial charge in [0.25, 0.3) is 5.92 Å². The molecule has 3 aromatic heterocycles. The molecular formula is C53H54F10N8O6. The summed E-state index contributed by atoms with van der Waals surface area (Å²) in [5.74, 6) is -7.60. The van der Waals surface area contributed by atoms with Crippen molar-refractivity contribution in [2.24, 2.45) is 5.41 Å². The van der Waals surface area contributed by atoms with Crippen LogP contribution < -0.4 is 28.7 Å². The van der Waals surface area contributed by atoms with Crippen LogP contribution >= 0.6 is 0 Å². The molecule has 5 aromatic rings. The molecule has 0 N–H and O–H groups in total. The number of aromatic nitrogens is 4. The van der Waals surface area contributed by atoms with Crippen molar-refractivity contribution in [3.8, 4) is 34.6 Å². The van der Waals surface area contributed by atoms with Crippen LogP contribution in [0.2, 0.25) is 0 Å². The van der Waals surface area contributed by atoms with Crippen LogP contribution in [0.4, 0.5) is 60.3 Å². The lowest BCUT2D eigenvalue weighted by Gasteiger charge is -2.48. The van der Waals surface area contributed by atoms with E-state index in [1.165, 1.54) is 28.9 Å². The maximum Gasteiger partial charge on any atom is 0.427 e. The molecular weight excluding hydrogens is 1030 g/mol. The van der Waals surface area contributed by atoms with Gasteiger partial charge in [0.1, 0.15) is 46.1 Å². The molecule has 0 radical (unpaired) electrons. The van der Waals surface area contributed by atoms with Crippen LogP contribution in [0, 0.1) is 24.0 Å². The number of rotatable bonds is 11. The van der Waals surface area contributed by atoms with Gasteiger partial charge in [-0.15, -0.1) is 0 Å². The number of nitrogens with zero attached hydrogens (tertiary/aromatic N) is 8. The molecule has 1 amide bonds. The van der Waals surface area contributed by atoms with Gasteiger partial charge in [-0.1, -0.05) is 24.3 Å². The highest BCUT2D eigenvalue weighted by atomic mass is 19.4. The summed E-state index contributed by atoms with van der Waals surface area (Å²) in [6.07, 6.45) is -13.6. The van der Waals surface area contributed by atoms with Crippen LogP contribution in [0.25, 0.3) is 22.2 Å². The number of alkyl halides is 8. The van der Waals surface area contributed by atoms with Crippen molar-refractivity contribution in [2.45, 2.75) is 133 Å². The molecule has 6 atom stereocenters. The van der Waals surface area contributed by atoms with E-state index in [-0.39, 0.29) is 58.5 Å². The average Bonchev–Trinajstić information content (AvgIpc) is 3.89. The number of amides is 1. The Kier molecular flexibility index (Phi) is 12.4. The number of pyridine rings is 2. The summed E-state index contributed by atoms with van der Waals surface area (Å²) in [7, 11) is 2.90. The minimum atomic E-state index is -5.48. The van der Waals surface area contributed by atoms with Gasteiger partial charge in [0.2, 0.25) is 12.0 Å². The lowest BCUT2D eigenvalue weighted by molar-refractivity contribution is -0.206. The molecule has 1 aliphatic carbocycles. The monoisotopic (exact) mass is 1090 g/mol. The summed E-state index contributed by atoms with van der Waals surface area (Å²) in [4.78, 5) is 36.7. The Hall–Kier alpha value is -6.59. The molecule has 1 spiro atoms. The number of carbonyl (C=O) groups excluding carboxylic acids is 1. The zero-order valence-electron chi connectivity index (χ0n) is 42.7. The highest BCUT2D eigenvalue weighted by molar-refractivity contribution is 5.98. The van der Waals surface area contributed by atoms with Crippen LogP contribution in [-0.4, -0.2) is 124 Å². The van der Waals surface area contributed by atoms with E-state index in [0.29, 0.717) is 42.0 Å². The predicted octanol–water partition coefficient (Wildman–Crippen LogP) is 10.8. The normalized spacial score (nSPS) is 25.4. The summed E-state index contributed by atoms with van der Waals surface area (Å²) in [6.45, 7) is 5.23. The minimum Gasteiger partial charge on any atom is -0.497 e. The van der Waals surface area contributed by atoms with Gasteiger partial charge in [-0.25, -0.2) is 32.3 Å². The van der Waals surface area contributed by atoms with Crippen molar-refractivity contribution in [1.29, 1.82) is 0 Å². The molecule has 6 aliphatic rings. The Labute approximate surface area is 435 Å². The van der Waals surface area contributed by atoms with E-state index in [9.17, 15) is 13.6 Å². The third kappa shape index (κ3) is 9.08. The molecule has 4 saturated heterocycles. The van der Waals surface area contributed by atoms with Gasteiger partial charge in [-0.3, -0.25) is 9.80 Å². The van der Waals surface area contributed by atoms with Gasteiger partial charge in [0, 0.05) is 32.6 Å². The Balaban J connectivity index is 1.11. The molecule has 24 heteroatoms. The first-order chi connectivity index (χ1) is 36.2. The molecule has 5 aliphatic heterocycles. The van der Waals surface area contributed by atoms with Gasteiger partial charge >= 0.3 is 24.5 Å². The number of hydrogen-bond acceptors (Lipinski definition) is 13. The second-order valence-electron chi connectivity index (χ2n) is 22.1. The second-order valence-corrected chi connectivity index (χ2v) is 22.1. The summed E-state index contributed by atoms with van der Waals surface area (Å²) in [5.41, 5.74) is -8.73. The molecule has 2 bridgehead atoms. The SMILES string of the molecule is COc1ccc(CN(Cc2ccc(OC)cc2)c2nc(C)c(C(F)(F)F)c(-c3nc4c5c(nc(OC[C@@]67CCCN6CC6(CC6(F)F)C7)nc5c3F)N3C[C@H]5CC[C@@H]([C@H]3[C@H](C(F)(F)F)O4)N5C(=O)OC(C)(C)C)c2F)cc1. The first-order valence-electron chi connectivity index (χ1n) is 25.2. The number of ether oxygens (including phenoxy) is 5. The zero-order chi connectivity index (χ0) is 54.9. The molecule has 14 nitrogen and oxygen atoms in total. The number of carbonyl (C=O) groups is 1. The van der Waals surface area contributed by atoms with Crippen LogP contribution in [0.15, 0.2) is 48.5 Å². The van der Waals surface area contributed by atoms with Crippen LogP contribution in [0.1, 0.15) is 81.7 Å². The van der Waals surface area contributed by atoms with Gasteiger partial charge in [-0.2, -0.15) is 36.3 Å². The fourth-order valence-electron chi connectivity index (χ4n) is 12.5. The van der Waals surface area contributed by atoms with Crippen molar-refractivity contribution < 1.29 is 72.4 Å². The average molecular weight is 1090 g/mol. The Morgan fingerprint density at radius 2 is 1.49 bits per heavy atom. The molecule has 412 valence electrons. The lowest BCUT2D eigenvalue weighted by Crippen LogP contribution is -2.68. The van der Waals surface area contributed by atoms with Crippen LogP contribution in [-0.2, 0) is 24.0 Å². The number of aryl methyl sites for hydroxylation is 1. The molecule has 1 saturated carbocycles. The summed E-state index contributed by atoms with van der Waals surface area (Å²) >= 11 is 0. The van der Waals surface area contributed by atoms with Gasteiger partial charge in [0.05, 0.1) is 60.1 Å². The zero-order valence-corrected chi connectivity index (χ0v) is 42.7. The number of methoxy groups -OCH3 is 2. The van der Waals surface area contributed by atoms with E-state index < -0.39 is 134 Å². The third-order valence-electron chi connectivity index (χ3n) is 15.9. The van der Waals surface area contributed by atoms with E-state index in [1.54, 1.807) is 69.3 Å². The van der Waals surface area contributed by atoms with Crippen molar-refractivity contribution in [1.82, 2.24) is 29.7 Å². The topological polar surface area (TPSA) is 128 Å². The van der Waals surface area contributed by atoms with Crippen molar-refractivity contribution in [2.75, 3.05) is 50.3 Å². The molecule has 8 heterocycles. The third-order valence-corrected chi connectivity index (χ3v) is 15.9. The van der Waals surface area contributed by atoms with Crippen LogP contribution in [0.3, 0.4) is 0 Å². The molecule has 2 aromatic carbocycles. The maximum absolute atomic E-state index is 18.2. The second kappa shape index (κ2) is 18.3. The number of anilines is 2.